The maximum absolute atomic E-state index is 12.0. The van der Waals surface area contributed by atoms with Gasteiger partial charge in [0.1, 0.15) is 5.75 Å². The molecule has 0 amide bonds. The van der Waals surface area contributed by atoms with E-state index in [0.717, 1.165) is 36.3 Å². The molecule has 1 N–H and O–H groups in total. The van der Waals surface area contributed by atoms with Crippen LogP contribution in [0.4, 0.5) is 4.39 Å². The molecule has 23 heavy (non-hydrogen) atoms. The number of hydrogen-bond donors (Lipinski definition) is 1. The lowest BCUT2D eigenvalue weighted by molar-refractivity contribution is 0.416. The van der Waals surface area contributed by atoms with Crippen LogP contribution in [-0.4, -0.2) is 20.3 Å². The molecule has 0 aliphatic rings. The van der Waals surface area contributed by atoms with E-state index in [0.29, 0.717) is 12.5 Å². The van der Waals surface area contributed by atoms with Crippen molar-refractivity contribution in [1.29, 1.82) is 0 Å². The number of para-hydroxylation sites is 1. The summed E-state index contributed by atoms with van der Waals surface area (Å²) in [5.74, 6) is 0.888. The molecule has 1 unspecified atom stereocenters. The highest BCUT2D eigenvalue weighted by molar-refractivity contribution is 5.70. The Hall–Kier alpha value is -1.87. The highest BCUT2D eigenvalue weighted by atomic mass is 19.1. The van der Waals surface area contributed by atoms with E-state index in [1.165, 1.54) is 5.56 Å². The highest BCUT2D eigenvalue weighted by Gasteiger charge is 2.07. The van der Waals surface area contributed by atoms with Gasteiger partial charge in [0.2, 0.25) is 0 Å². The van der Waals surface area contributed by atoms with Crippen LogP contribution in [0.25, 0.3) is 11.1 Å². The predicted octanol–water partition coefficient (Wildman–Crippen LogP) is 5.15. The first-order valence-corrected chi connectivity index (χ1v) is 8.29. The van der Waals surface area contributed by atoms with Crippen LogP contribution >= 0.6 is 0 Å². The highest BCUT2D eigenvalue weighted by Crippen LogP contribution is 2.30. The Kier molecular flexibility index (Phi) is 7.08. The Balaban J connectivity index is 1.96. The molecule has 2 nitrogen and oxygen atoms in total. The van der Waals surface area contributed by atoms with E-state index < -0.39 is 0 Å². The topological polar surface area (TPSA) is 21.3 Å². The maximum atomic E-state index is 12.0. The third-order valence-corrected chi connectivity index (χ3v) is 4.09. The first-order valence-electron chi connectivity index (χ1n) is 8.29. The van der Waals surface area contributed by atoms with E-state index in [-0.39, 0.29) is 6.67 Å². The average Bonchev–Trinajstić information content (AvgIpc) is 2.61. The minimum Gasteiger partial charge on any atom is -0.496 e. The molecule has 2 aromatic carbocycles. The molecule has 0 aliphatic heterocycles. The first kappa shape index (κ1) is 17.5. The van der Waals surface area contributed by atoms with E-state index in [4.69, 9.17) is 4.74 Å². The molecule has 124 valence electrons. The molecular formula is C20H26FNO. The van der Waals surface area contributed by atoms with Crippen molar-refractivity contribution in [2.45, 2.75) is 32.2 Å². The third kappa shape index (κ3) is 5.07. The van der Waals surface area contributed by atoms with Gasteiger partial charge in [-0.15, -0.1) is 0 Å². The summed E-state index contributed by atoms with van der Waals surface area (Å²) in [5.41, 5.74) is 3.52. The fourth-order valence-electron chi connectivity index (χ4n) is 2.67. The molecule has 0 saturated carbocycles. The second kappa shape index (κ2) is 9.31. The van der Waals surface area contributed by atoms with Gasteiger partial charge in [-0.1, -0.05) is 42.5 Å². The van der Waals surface area contributed by atoms with Crippen molar-refractivity contribution in [3.63, 3.8) is 0 Å². The van der Waals surface area contributed by atoms with Crippen molar-refractivity contribution in [1.82, 2.24) is 5.32 Å². The van der Waals surface area contributed by atoms with Crippen LogP contribution < -0.4 is 10.1 Å². The molecule has 0 bridgehead atoms. The molecule has 0 radical (unpaired) electrons. The second-order valence-corrected chi connectivity index (χ2v) is 5.75. The molecule has 1 atom stereocenters. The molecule has 0 heterocycles. The van der Waals surface area contributed by atoms with Crippen LogP contribution in [0.2, 0.25) is 0 Å². The number of halogens is 1. The zero-order valence-electron chi connectivity index (χ0n) is 14.0. The zero-order valence-corrected chi connectivity index (χ0v) is 14.0. The van der Waals surface area contributed by atoms with E-state index in [1.54, 1.807) is 7.11 Å². The van der Waals surface area contributed by atoms with Crippen molar-refractivity contribution in [3.05, 3.63) is 54.1 Å². The minimum atomic E-state index is -0.208. The SMILES string of the molecule is COc1ccccc1-c1ccc(C(C)NCCCCCF)cc1. The van der Waals surface area contributed by atoms with E-state index in [1.807, 2.05) is 18.2 Å². The van der Waals surface area contributed by atoms with Crippen molar-refractivity contribution in [2.24, 2.45) is 0 Å². The second-order valence-electron chi connectivity index (χ2n) is 5.75. The fraction of sp³-hybridized carbons (Fsp3) is 0.400. The predicted molar refractivity (Wildman–Crippen MR) is 94.7 cm³/mol. The smallest absolute Gasteiger partial charge is 0.126 e. The molecule has 0 saturated heterocycles. The largest absolute Gasteiger partial charge is 0.496 e. The van der Waals surface area contributed by atoms with Crippen LogP contribution in [0.15, 0.2) is 48.5 Å². The summed E-state index contributed by atoms with van der Waals surface area (Å²) in [6, 6.07) is 16.9. The molecule has 2 aromatic rings. The van der Waals surface area contributed by atoms with Crippen LogP contribution in [0.3, 0.4) is 0 Å². The lowest BCUT2D eigenvalue weighted by Crippen LogP contribution is -2.19. The van der Waals surface area contributed by atoms with Crippen LogP contribution in [-0.2, 0) is 0 Å². The summed E-state index contributed by atoms with van der Waals surface area (Å²) < 4.78 is 17.5. The number of nitrogens with one attached hydrogen (secondary N) is 1. The standard InChI is InChI=1S/C20H26FNO/c1-16(22-15-7-3-6-14-21)17-10-12-18(13-11-17)19-8-4-5-9-20(19)23-2/h4-5,8-13,16,22H,3,6-7,14-15H2,1-2H3. The van der Waals surface area contributed by atoms with Gasteiger partial charge in [0.25, 0.3) is 0 Å². The van der Waals surface area contributed by atoms with Gasteiger partial charge in [-0.25, -0.2) is 0 Å². The normalized spacial score (nSPS) is 12.1. The molecule has 0 fully saturated rings. The monoisotopic (exact) mass is 315 g/mol. The number of methoxy groups -OCH3 is 1. The van der Waals surface area contributed by atoms with Gasteiger partial charge >= 0.3 is 0 Å². The van der Waals surface area contributed by atoms with E-state index in [2.05, 4.69) is 42.6 Å². The quantitative estimate of drug-likeness (QED) is 0.646. The fourth-order valence-corrected chi connectivity index (χ4v) is 2.67. The summed E-state index contributed by atoms with van der Waals surface area (Å²) in [6.07, 6.45) is 2.64. The van der Waals surface area contributed by atoms with Gasteiger partial charge in [-0.3, -0.25) is 4.39 Å². The number of rotatable bonds is 9. The van der Waals surface area contributed by atoms with Crippen LogP contribution in [0.1, 0.15) is 37.8 Å². The van der Waals surface area contributed by atoms with Gasteiger partial charge in [0.05, 0.1) is 13.8 Å². The maximum Gasteiger partial charge on any atom is 0.126 e. The molecule has 3 heteroatoms. The lowest BCUT2D eigenvalue weighted by atomic mass is 10.0. The number of alkyl halides is 1. The minimum absolute atomic E-state index is 0.208. The number of benzene rings is 2. The van der Waals surface area contributed by atoms with Gasteiger partial charge in [-0.05, 0) is 49.9 Å². The molecule has 2 rings (SSSR count). The Morgan fingerprint density at radius 3 is 2.43 bits per heavy atom. The number of hydrogen-bond acceptors (Lipinski definition) is 2. The van der Waals surface area contributed by atoms with Gasteiger partial charge in [0, 0.05) is 11.6 Å². The number of ether oxygens (including phenoxy) is 1. The average molecular weight is 315 g/mol. The molecule has 0 aliphatic carbocycles. The van der Waals surface area contributed by atoms with E-state index >= 15 is 0 Å². The lowest BCUT2D eigenvalue weighted by Gasteiger charge is -2.15. The summed E-state index contributed by atoms with van der Waals surface area (Å²) in [7, 11) is 1.70. The number of unbranched alkanes of at least 4 members (excludes halogenated alkanes) is 2. The third-order valence-electron chi connectivity index (χ3n) is 4.09. The molecular weight excluding hydrogens is 289 g/mol. The zero-order chi connectivity index (χ0) is 16.5. The van der Waals surface area contributed by atoms with Crippen molar-refractivity contribution in [2.75, 3.05) is 20.3 Å². The Morgan fingerprint density at radius 1 is 1.00 bits per heavy atom. The van der Waals surface area contributed by atoms with Gasteiger partial charge in [0.15, 0.2) is 0 Å². The summed E-state index contributed by atoms with van der Waals surface area (Å²) in [5, 5.41) is 3.49. The Labute approximate surface area is 138 Å². The Morgan fingerprint density at radius 2 is 1.74 bits per heavy atom. The van der Waals surface area contributed by atoms with Crippen molar-refractivity contribution in [3.8, 4) is 16.9 Å². The summed E-state index contributed by atoms with van der Waals surface area (Å²) in [4.78, 5) is 0. The molecule has 0 spiro atoms. The van der Waals surface area contributed by atoms with Crippen molar-refractivity contribution < 1.29 is 9.13 Å². The summed E-state index contributed by atoms with van der Waals surface area (Å²) >= 11 is 0. The van der Waals surface area contributed by atoms with Crippen LogP contribution in [0, 0.1) is 0 Å². The first-order chi connectivity index (χ1) is 11.3. The van der Waals surface area contributed by atoms with Crippen molar-refractivity contribution >= 4 is 0 Å². The van der Waals surface area contributed by atoms with Gasteiger partial charge < -0.3 is 10.1 Å². The molecule has 0 aromatic heterocycles. The van der Waals surface area contributed by atoms with Crippen LogP contribution in [0.5, 0.6) is 5.75 Å². The summed E-state index contributed by atoms with van der Waals surface area (Å²) in [6.45, 7) is 2.88. The van der Waals surface area contributed by atoms with Gasteiger partial charge in [-0.2, -0.15) is 0 Å². The van der Waals surface area contributed by atoms with E-state index in [9.17, 15) is 4.39 Å². The Bertz CT molecular complexity index is 582.